The number of amides is 1. The normalized spacial score (nSPS) is 32.9. The smallest absolute Gasteiger partial charge is 0.225 e. The Kier molecular flexibility index (Phi) is 5.74. The molecule has 0 aromatic carbocycles. The molecule has 3 heteroatoms. The summed E-state index contributed by atoms with van der Waals surface area (Å²) in [7, 11) is 8.25. The lowest BCUT2D eigenvalue weighted by molar-refractivity contribution is -0.136. The molecule has 0 heterocycles. The van der Waals surface area contributed by atoms with Gasteiger partial charge in [0.05, 0.1) is 7.85 Å². The maximum absolute atomic E-state index is 12.5. The maximum atomic E-state index is 12.5. The molecule has 1 saturated carbocycles. The van der Waals surface area contributed by atoms with Gasteiger partial charge in [0.2, 0.25) is 5.91 Å². The minimum atomic E-state index is -0.0843. The van der Waals surface area contributed by atoms with E-state index in [-0.39, 0.29) is 11.2 Å². The van der Waals surface area contributed by atoms with Crippen LogP contribution in [0.5, 0.6) is 0 Å². The van der Waals surface area contributed by atoms with E-state index in [1.807, 2.05) is 11.9 Å². The molecule has 0 aromatic rings. The topological polar surface area (TPSA) is 20.3 Å². The van der Waals surface area contributed by atoms with Gasteiger partial charge in [-0.3, -0.25) is 4.79 Å². The molecule has 1 aliphatic carbocycles. The van der Waals surface area contributed by atoms with Crippen LogP contribution in [0.25, 0.3) is 0 Å². The molecule has 102 valence electrons. The molecule has 0 aromatic heterocycles. The van der Waals surface area contributed by atoms with Crippen molar-refractivity contribution in [2.75, 3.05) is 13.6 Å². The lowest BCUT2D eigenvalue weighted by atomic mass is 9.63. The van der Waals surface area contributed by atoms with Gasteiger partial charge in [-0.25, -0.2) is 0 Å². The third kappa shape index (κ3) is 4.03. The summed E-state index contributed by atoms with van der Waals surface area (Å²) in [4.78, 5) is 14.4. The first-order chi connectivity index (χ1) is 8.41. The van der Waals surface area contributed by atoms with Gasteiger partial charge in [-0.1, -0.05) is 51.8 Å². The fourth-order valence-corrected chi connectivity index (χ4v) is 3.29. The largest absolute Gasteiger partial charge is 0.346 e. The first kappa shape index (κ1) is 15.6. The molecular weight excluding hydrogens is 221 g/mol. The van der Waals surface area contributed by atoms with Gasteiger partial charge in [0.15, 0.2) is 0 Å². The second kappa shape index (κ2) is 6.63. The molecule has 1 aliphatic rings. The van der Waals surface area contributed by atoms with Gasteiger partial charge in [0.1, 0.15) is 0 Å². The SMILES string of the molecule is [B]C1(C)CCCC(C(=O)N(C)CCC)C(CC)C1. The Morgan fingerprint density at radius 3 is 2.67 bits per heavy atom. The van der Waals surface area contributed by atoms with Crippen molar-refractivity contribution in [3.63, 3.8) is 0 Å². The van der Waals surface area contributed by atoms with E-state index in [0.717, 1.165) is 45.1 Å². The van der Waals surface area contributed by atoms with Crippen LogP contribution < -0.4 is 0 Å². The van der Waals surface area contributed by atoms with Gasteiger partial charge < -0.3 is 4.90 Å². The number of hydrogen-bond acceptors (Lipinski definition) is 1. The summed E-state index contributed by atoms with van der Waals surface area (Å²) in [6.07, 6.45) is 6.21. The standard InChI is InChI=1S/C15H28BNO/c1-5-10-17(4)14(18)13-8-7-9-15(3,16)11-12(13)6-2/h12-13H,5-11H2,1-4H3. The number of rotatable bonds is 4. The first-order valence-electron chi connectivity index (χ1n) is 7.45. The summed E-state index contributed by atoms with van der Waals surface area (Å²) in [6.45, 7) is 7.31. The highest BCUT2D eigenvalue weighted by Crippen LogP contribution is 2.44. The molecule has 2 radical (unpaired) electrons. The van der Waals surface area contributed by atoms with Gasteiger partial charge >= 0.3 is 0 Å². The van der Waals surface area contributed by atoms with Crippen molar-refractivity contribution in [1.29, 1.82) is 0 Å². The highest BCUT2D eigenvalue weighted by Gasteiger charge is 2.35. The van der Waals surface area contributed by atoms with Crippen LogP contribution in [-0.2, 0) is 4.79 Å². The zero-order valence-electron chi connectivity index (χ0n) is 12.5. The molecule has 0 spiro atoms. The third-order valence-corrected chi connectivity index (χ3v) is 4.34. The van der Waals surface area contributed by atoms with Crippen LogP contribution in [0.2, 0.25) is 5.31 Å². The van der Waals surface area contributed by atoms with Gasteiger partial charge in [-0.2, -0.15) is 0 Å². The van der Waals surface area contributed by atoms with Crippen molar-refractivity contribution in [2.24, 2.45) is 11.8 Å². The predicted molar refractivity (Wildman–Crippen MR) is 77.8 cm³/mol. The van der Waals surface area contributed by atoms with Gasteiger partial charge in [-0.05, 0) is 18.8 Å². The second-order valence-electron chi connectivity index (χ2n) is 6.28. The zero-order chi connectivity index (χ0) is 13.8. The number of hydrogen-bond donors (Lipinski definition) is 0. The first-order valence-corrected chi connectivity index (χ1v) is 7.45. The molecular formula is C15H28BNO. The van der Waals surface area contributed by atoms with Crippen molar-refractivity contribution in [1.82, 2.24) is 4.90 Å². The quantitative estimate of drug-likeness (QED) is 0.552. The molecule has 2 nitrogen and oxygen atoms in total. The third-order valence-electron chi connectivity index (χ3n) is 4.34. The van der Waals surface area contributed by atoms with Crippen LogP contribution in [0, 0.1) is 11.8 Å². The monoisotopic (exact) mass is 249 g/mol. The van der Waals surface area contributed by atoms with E-state index in [2.05, 4.69) is 20.8 Å². The average Bonchev–Trinajstić information content (AvgIpc) is 2.46. The Labute approximate surface area is 114 Å². The van der Waals surface area contributed by atoms with Crippen LogP contribution in [0.4, 0.5) is 0 Å². The van der Waals surface area contributed by atoms with E-state index < -0.39 is 0 Å². The van der Waals surface area contributed by atoms with Gasteiger partial charge in [0, 0.05) is 19.5 Å². The summed E-state index contributed by atoms with van der Waals surface area (Å²) in [6, 6.07) is 0. The van der Waals surface area contributed by atoms with Crippen molar-refractivity contribution < 1.29 is 4.79 Å². The highest BCUT2D eigenvalue weighted by molar-refractivity contribution is 6.14. The number of carbonyl (C=O) groups excluding carboxylic acids is 1. The molecule has 1 fully saturated rings. The van der Waals surface area contributed by atoms with E-state index >= 15 is 0 Å². The van der Waals surface area contributed by atoms with Gasteiger partial charge in [0.25, 0.3) is 0 Å². The van der Waals surface area contributed by atoms with Crippen LogP contribution in [0.15, 0.2) is 0 Å². The summed E-state index contributed by atoms with van der Waals surface area (Å²) >= 11 is 0. The minimum Gasteiger partial charge on any atom is -0.346 e. The van der Waals surface area contributed by atoms with E-state index in [4.69, 9.17) is 7.85 Å². The molecule has 1 amide bonds. The fraction of sp³-hybridized carbons (Fsp3) is 0.933. The molecule has 18 heavy (non-hydrogen) atoms. The van der Waals surface area contributed by atoms with Crippen LogP contribution in [0.3, 0.4) is 0 Å². The van der Waals surface area contributed by atoms with Crippen molar-refractivity contribution in [2.45, 2.75) is 64.6 Å². The zero-order valence-corrected chi connectivity index (χ0v) is 12.5. The molecule has 1 rings (SSSR count). The van der Waals surface area contributed by atoms with E-state index in [0.29, 0.717) is 11.8 Å². The highest BCUT2D eigenvalue weighted by atomic mass is 16.2. The van der Waals surface area contributed by atoms with Crippen molar-refractivity contribution in [3.8, 4) is 0 Å². The fourth-order valence-electron chi connectivity index (χ4n) is 3.29. The lowest BCUT2D eigenvalue weighted by Gasteiger charge is -2.31. The summed E-state index contributed by atoms with van der Waals surface area (Å²) in [5, 5.41) is -0.0843. The Morgan fingerprint density at radius 1 is 1.44 bits per heavy atom. The predicted octanol–water partition coefficient (Wildman–Crippen LogP) is 3.42. The Bertz CT molecular complexity index is 278. The average molecular weight is 249 g/mol. The molecule has 0 saturated heterocycles. The van der Waals surface area contributed by atoms with Crippen molar-refractivity contribution >= 4 is 13.8 Å². The van der Waals surface area contributed by atoms with Crippen molar-refractivity contribution in [3.05, 3.63) is 0 Å². The van der Waals surface area contributed by atoms with E-state index in [9.17, 15) is 4.79 Å². The molecule has 3 unspecified atom stereocenters. The lowest BCUT2D eigenvalue weighted by Crippen LogP contribution is -2.37. The van der Waals surface area contributed by atoms with E-state index in [1.165, 1.54) is 0 Å². The second-order valence-corrected chi connectivity index (χ2v) is 6.28. The Morgan fingerprint density at radius 2 is 2.11 bits per heavy atom. The maximum Gasteiger partial charge on any atom is 0.225 e. The summed E-state index contributed by atoms with van der Waals surface area (Å²) in [5.41, 5.74) is 0. The van der Waals surface area contributed by atoms with Crippen LogP contribution in [-0.4, -0.2) is 32.2 Å². The molecule has 3 atom stereocenters. The number of carbonyl (C=O) groups is 1. The Hall–Kier alpha value is -0.465. The molecule has 0 bridgehead atoms. The van der Waals surface area contributed by atoms with Crippen LogP contribution in [0.1, 0.15) is 59.3 Å². The van der Waals surface area contributed by atoms with Gasteiger partial charge in [-0.15, -0.1) is 0 Å². The minimum absolute atomic E-state index is 0.0843. The van der Waals surface area contributed by atoms with Crippen LogP contribution >= 0.6 is 0 Å². The summed E-state index contributed by atoms with van der Waals surface area (Å²) in [5.74, 6) is 0.979. The number of nitrogens with zero attached hydrogens (tertiary/aromatic N) is 1. The summed E-state index contributed by atoms with van der Waals surface area (Å²) < 4.78 is 0. The molecule has 0 N–H and O–H groups in total. The molecule has 0 aliphatic heterocycles. The van der Waals surface area contributed by atoms with E-state index in [1.54, 1.807) is 0 Å². The Balaban J connectivity index is 2.76.